The van der Waals surface area contributed by atoms with Gasteiger partial charge in [-0.25, -0.2) is 8.78 Å². The van der Waals surface area contributed by atoms with Crippen LogP contribution < -0.4 is 0 Å². The van der Waals surface area contributed by atoms with Gasteiger partial charge in [-0.15, -0.1) is 0 Å². The Morgan fingerprint density at radius 3 is 2.33 bits per heavy atom. The number of halogens is 5. The number of pyridine rings is 1. The van der Waals surface area contributed by atoms with Gasteiger partial charge in [-0.05, 0) is 9.91 Å². The zero-order valence-corrected chi connectivity index (χ0v) is 8.20. The predicted molar refractivity (Wildman–Crippen MR) is 45.6 cm³/mol. The molecule has 1 heterocycles. The minimum Gasteiger partial charge on any atom is -0.358 e. The molecule has 1 rings (SSSR count). The molecular formula is C8H2F5N3O2. The first kappa shape index (κ1) is 13.8. The van der Waals surface area contributed by atoms with Gasteiger partial charge in [0.1, 0.15) is 11.6 Å². The van der Waals surface area contributed by atoms with Crippen molar-refractivity contribution in [3.63, 3.8) is 0 Å². The molecule has 0 aliphatic rings. The summed E-state index contributed by atoms with van der Waals surface area (Å²) < 4.78 is 61.9. The van der Waals surface area contributed by atoms with E-state index < -0.39 is 40.2 Å². The third kappa shape index (κ3) is 2.50. The Hall–Kier alpha value is -2.31. The van der Waals surface area contributed by atoms with Crippen LogP contribution in [0.25, 0.3) is 0 Å². The summed E-state index contributed by atoms with van der Waals surface area (Å²) in [5, 5.41) is 18.9. The van der Waals surface area contributed by atoms with Crippen molar-refractivity contribution in [1.82, 2.24) is 4.98 Å². The van der Waals surface area contributed by atoms with Crippen LogP contribution in [-0.2, 0) is 6.18 Å². The van der Waals surface area contributed by atoms with E-state index in [9.17, 15) is 32.1 Å². The largest absolute Gasteiger partial charge is 0.458 e. The fourth-order valence-electron chi connectivity index (χ4n) is 1.13. The third-order valence-corrected chi connectivity index (χ3v) is 1.84. The maximum Gasteiger partial charge on any atom is 0.458 e. The first-order chi connectivity index (χ1) is 8.18. The molecule has 0 fully saturated rings. The molecule has 0 saturated carbocycles. The van der Waals surface area contributed by atoms with Crippen molar-refractivity contribution >= 4 is 5.82 Å². The van der Waals surface area contributed by atoms with E-state index in [4.69, 9.17) is 5.26 Å². The Kier molecular flexibility index (Phi) is 3.45. The lowest BCUT2D eigenvalue weighted by atomic mass is 10.1. The van der Waals surface area contributed by atoms with Crippen LogP contribution >= 0.6 is 0 Å². The van der Waals surface area contributed by atoms with Crippen molar-refractivity contribution in [3.05, 3.63) is 33.0 Å². The summed E-state index contributed by atoms with van der Waals surface area (Å²) in [5.74, 6) is -1.67. The molecule has 0 atom stereocenters. The first-order valence-electron chi connectivity index (χ1n) is 4.13. The van der Waals surface area contributed by atoms with Crippen molar-refractivity contribution in [2.24, 2.45) is 0 Å². The molecule has 18 heavy (non-hydrogen) atoms. The third-order valence-electron chi connectivity index (χ3n) is 1.84. The molecule has 0 aliphatic carbocycles. The molecule has 5 nitrogen and oxygen atoms in total. The number of nitriles is 1. The van der Waals surface area contributed by atoms with Gasteiger partial charge in [-0.2, -0.15) is 18.4 Å². The van der Waals surface area contributed by atoms with Gasteiger partial charge < -0.3 is 10.1 Å². The van der Waals surface area contributed by atoms with Crippen molar-refractivity contribution in [3.8, 4) is 6.07 Å². The van der Waals surface area contributed by atoms with Crippen LogP contribution in [-0.4, -0.2) is 9.91 Å². The summed E-state index contributed by atoms with van der Waals surface area (Å²) in [6.45, 7) is 0. The highest BCUT2D eigenvalue weighted by atomic mass is 19.4. The molecule has 0 amide bonds. The highest BCUT2D eigenvalue weighted by Gasteiger charge is 2.41. The fourth-order valence-corrected chi connectivity index (χ4v) is 1.13. The van der Waals surface area contributed by atoms with E-state index in [0.29, 0.717) is 0 Å². The van der Waals surface area contributed by atoms with Gasteiger partial charge in [0.15, 0.2) is 0 Å². The van der Waals surface area contributed by atoms with Crippen LogP contribution in [0.15, 0.2) is 6.07 Å². The summed E-state index contributed by atoms with van der Waals surface area (Å²) in [4.78, 5) is 11.4. The molecule has 1 aromatic heterocycles. The minimum atomic E-state index is -5.07. The second-order valence-corrected chi connectivity index (χ2v) is 2.96. The fraction of sp³-hybridized carbons (Fsp3) is 0.250. The standard InChI is InChI=1S/C8H2F5N3O2/c9-6(10)5-3(2-14)1-4(8(11,12)13)15-7(5)16(17)18/h1,6H. The monoisotopic (exact) mass is 267 g/mol. The minimum absolute atomic E-state index is 0.0501. The number of rotatable bonds is 2. The van der Waals surface area contributed by atoms with Gasteiger partial charge >= 0.3 is 12.0 Å². The van der Waals surface area contributed by atoms with Crippen LogP contribution in [0, 0.1) is 21.4 Å². The van der Waals surface area contributed by atoms with Crippen LogP contribution in [0.1, 0.15) is 23.2 Å². The Morgan fingerprint density at radius 2 is 2.00 bits per heavy atom. The summed E-state index contributed by atoms with van der Waals surface area (Å²) >= 11 is 0. The maximum absolute atomic E-state index is 12.5. The van der Waals surface area contributed by atoms with Crippen LogP contribution in [0.4, 0.5) is 27.8 Å². The number of nitrogens with zero attached hydrogens (tertiary/aromatic N) is 3. The van der Waals surface area contributed by atoms with E-state index in [-0.39, 0.29) is 6.07 Å². The first-order valence-corrected chi connectivity index (χ1v) is 4.13. The van der Waals surface area contributed by atoms with E-state index in [1.54, 1.807) is 0 Å². The highest BCUT2D eigenvalue weighted by molar-refractivity contribution is 5.49. The lowest BCUT2D eigenvalue weighted by Crippen LogP contribution is -2.12. The summed E-state index contributed by atoms with van der Waals surface area (Å²) in [7, 11) is 0. The molecule has 0 bridgehead atoms. The average molecular weight is 267 g/mol. The van der Waals surface area contributed by atoms with Gasteiger partial charge in [-0.1, -0.05) is 0 Å². The molecular weight excluding hydrogens is 265 g/mol. The molecule has 0 spiro atoms. The van der Waals surface area contributed by atoms with Gasteiger partial charge in [0.2, 0.25) is 0 Å². The Labute approximate surface area is 95.6 Å². The topological polar surface area (TPSA) is 79.8 Å². The normalized spacial score (nSPS) is 11.4. The van der Waals surface area contributed by atoms with E-state index in [0.717, 1.165) is 6.07 Å². The molecule has 0 N–H and O–H groups in total. The number of hydrogen-bond acceptors (Lipinski definition) is 4. The Bertz CT molecular complexity index is 535. The van der Waals surface area contributed by atoms with Gasteiger partial charge in [-0.3, -0.25) is 0 Å². The van der Waals surface area contributed by atoms with Crippen LogP contribution in [0.2, 0.25) is 0 Å². The Balaban J connectivity index is 3.66. The maximum atomic E-state index is 12.5. The number of nitro groups is 1. The molecule has 1 aromatic rings. The average Bonchev–Trinajstić information content (AvgIpc) is 2.25. The van der Waals surface area contributed by atoms with E-state index in [1.165, 1.54) is 0 Å². The van der Waals surface area contributed by atoms with E-state index in [1.807, 2.05) is 0 Å². The molecule has 10 heteroatoms. The van der Waals surface area contributed by atoms with Gasteiger partial charge in [0.05, 0.1) is 5.56 Å². The molecule has 0 unspecified atom stereocenters. The molecule has 0 saturated heterocycles. The molecule has 0 radical (unpaired) electrons. The van der Waals surface area contributed by atoms with Crippen molar-refractivity contribution < 1.29 is 26.9 Å². The highest BCUT2D eigenvalue weighted by Crippen LogP contribution is 2.35. The zero-order valence-electron chi connectivity index (χ0n) is 8.20. The molecule has 96 valence electrons. The summed E-state index contributed by atoms with van der Waals surface area (Å²) in [6, 6.07) is 1.11. The number of alkyl halides is 5. The number of aromatic nitrogens is 1. The van der Waals surface area contributed by atoms with Crippen molar-refractivity contribution in [1.29, 1.82) is 5.26 Å². The van der Waals surface area contributed by atoms with Gasteiger partial charge in [0, 0.05) is 6.07 Å². The lowest BCUT2D eigenvalue weighted by molar-refractivity contribution is -0.391. The molecule has 0 aliphatic heterocycles. The van der Waals surface area contributed by atoms with E-state index >= 15 is 0 Å². The Morgan fingerprint density at radius 1 is 1.44 bits per heavy atom. The smallest absolute Gasteiger partial charge is 0.358 e. The summed E-state index contributed by atoms with van der Waals surface area (Å²) in [6.07, 6.45) is -8.55. The summed E-state index contributed by atoms with van der Waals surface area (Å²) in [5.41, 5.74) is -4.32. The van der Waals surface area contributed by atoms with Crippen LogP contribution in [0.5, 0.6) is 0 Å². The SMILES string of the molecule is N#Cc1cc(C(F)(F)F)nc([N+](=O)[O-])c1C(F)F. The van der Waals surface area contributed by atoms with E-state index in [2.05, 4.69) is 4.98 Å². The second-order valence-electron chi connectivity index (χ2n) is 2.96. The molecule has 0 aromatic carbocycles. The predicted octanol–water partition coefficient (Wildman–Crippen LogP) is 2.82. The van der Waals surface area contributed by atoms with Crippen molar-refractivity contribution in [2.75, 3.05) is 0 Å². The van der Waals surface area contributed by atoms with Gasteiger partial charge in [0.25, 0.3) is 12.1 Å². The number of hydrogen-bond donors (Lipinski definition) is 0. The quantitative estimate of drug-likeness (QED) is 0.468. The second kappa shape index (κ2) is 4.52. The van der Waals surface area contributed by atoms with Crippen molar-refractivity contribution in [2.45, 2.75) is 12.6 Å². The zero-order chi connectivity index (χ0) is 14.1. The lowest BCUT2D eigenvalue weighted by Gasteiger charge is -2.06. The van der Waals surface area contributed by atoms with Crippen LogP contribution in [0.3, 0.4) is 0 Å².